The molecule has 1 aromatic heterocycles. The first kappa shape index (κ1) is 17.7. The van der Waals surface area contributed by atoms with Crippen LogP contribution in [-0.4, -0.2) is 49.1 Å². The number of fused-ring (bicyclic) bond motifs is 1. The van der Waals surface area contributed by atoms with E-state index in [1.54, 1.807) is 49.3 Å². The lowest BCUT2D eigenvalue weighted by atomic mass is 10.2. The van der Waals surface area contributed by atoms with Gasteiger partial charge in [-0.05, 0) is 19.1 Å². The SMILES string of the molecule is COCC(C)n1ccc(NC(=O)Nc2cccc3c2N(C)C(=O)CO3)n1. The molecule has 3 amide bonds. The van der Waals surface area contributed by atoms with Crippen LogP contribution in [-0.2, 0) is 9.53 Å². The Balaban J connectivity index is 1.71. The van der Waals surface area contributed by atoms with Crippen molar-refractivity contribution in [2.45, 2.75) is 13.0 Å². The summed E-state index contributed by atoms with van der Waals surface area (Å²) in [5.41, 5.74) is 1.00. The summed E-state index contributed by atoms with van der Waals surface area (Å²) in [6.45, 7) is 2.46. The van der Waals surface area contributed by atoms with Crippen LogP contribution in [0.4, 0.5) is 22.0 Å². The van der Waals surface area contributed by atoms with Gasteiger partial charge in [0.2, 0.25) is 0 Å². The predicted octanol–water partition coefficient (Wildman–Crippen LogP) is 2.09. The van der Waals surface area contributed by atoms with Gasteiger partial charge in [-0.3, -0.25) is 14.8 Å². The molecule has 3 rings (SSSR count). The molecule has 0 saturated heterocycles. The van der Waals surface area contributed by atoms with E-state index in [4.69, 9.17) is 9.47 Å². The van der Waals surface area contributed by atoms with E-state index < -0.39 is 6.03 Å². The zero-order chi connectivity index (χ0) is 18.7. The second-order valence-corrected chi connectivity index (χ2v) is 5.96. The van der Waals surface area contributed by atoms with E-state index in [0.29, 0.717) is 29.5 Å². The molecule has 0 spiro atoms. The maximum absolute atomic E-state index is 12.3. The normalized spacial score (nSPS) is 14.4. The fraction of sp³-hybridized carbons (Fsp3) is 0.353. The minimum Gasteiger partial charge on any atom is -0.481 e. The van der Waals surface area contributed by atoms with Crippen LogP contribution < -0.4 is 20.3 Å². The Morgan fingerprint density at radius 1 is 1.38 bits per heavy atom. The van der Waals surface area contributed by atoms with Crippen molar-refractivity contribution in [2.75, 3.05) is 42.9 Å². The predicted molar refractivity (Wildman–Crippen MR) is 96.8 cm³/mol. The molecule has 26 heavy (non-hydrogen) atoms. The molecule has 1 aromatic carbocycles. The van der Waals surface area contributed by atoms with Crippen LogP contribution in [0.15, 0.2) is 30.5 Å². The van der Waals surface area contributed by atoms with E-state index in [-0.39, 0.29) is 18.6 Å². The smallest absolute Gasteiger partial charge is 0.324 e. The lowest BCUT2D eigenvalue weighted by Crippen LogP contribution is -2.36. The number of carbonyl (C=O) groups excluding carboxylic acids is 2. The fourth-order valence-electron chi connectivity index (χ4n) is 2.68. The first-order valence-electron chi connectivity index (χ1n) is 8.14. The Kier molecular flexibility index (Phi) is 5.08. The summed E-state index contributed by atoms with van der Waals surface area (Å²) in [6, 6.07) is 6.49. The molecule has 0 aliphatic carbocycles. The summed E-state index contributed by atoms with van der Waals surface area (Å²) in [5.74, 6) is 0.775. The van der Waals surface area contributed by atoms with Crippen molar-refractivity contribution in [2.24, 2.45) is 0 Å². The number of carbonyl (C=O) groups is 2. The van der Waals surface area contributed by atoms with Crippen molar-refractivity contribution in [3.05, 3.63) is 30.5 Å². The molecule has 0 fully saturated rings. The number of aromatic nitrogens is 2. The van der Waals surface area contributed by atoms with Gasteiger partial charge in [-0.2, -0.15) is 5.10 Å². The molecule has 2 aromatic rings. The average Bonchev–Trinajstić information content (AvgIpc) is 3.07. The third-order valence-electron chi connectivity index (χ3n) is 4.02. The third kappa shape index (κ3) is 3.62. The monoisotopic (exact) mass is 359 g/mol. The molecule has 1 atom stereocenters. The summed E-state index contributed by atoms with van der Waals surface area (Å²) in [5, 5.41) is 9.71. The van der Waals surface area contributed by atoms with Gasteiger partial charge in [-0.1, -0.05) is 6.07 Å². The van der Waals surface area contributed by atoms with E-state index in [1.807, 2.05) is 6.92 Å². The van der Waals surface area contributed by atoms with Crippen molar-refractivity contribution in [3.63, 3.8) is 0 Å². The van der Waals surface area contributed by atoms with Crippen LogP contribution in [0, 0.1) is 0 Å². The van der Waals surface area contributed by atoms with Gasteiger partial charge < -0.3 is 19.7 Å². The number of nitrogens with one attached hydrogen (secondary N) is 2. The van der Waals surface area contributed by atoms with Crippen LogP contribution in [0.5, 0.6) is 5.75 Å². The zero-order valence-corrected chi connectivity index (χ0v) is 14.9. The molecule has 9 nitrogen and oxygen atoms in total. The first-order valence-corrected chi connectivity index (χ1v) is 8.14. The Bertz CT molecular complexity index is 819. The molecule has 2 heterocycles. The minimum absolute atomic E-state index is 0.0176. The van der Waals surface area contributed by atoms with Crippen LogP contribution >= 0.6 is 0 Å². The number of rotatable bonds is 5. The lowest BCUT2D eigenvalue weighted by molar-refractivity contribution is -0.120. The van der Waals surface area contributed by atoms with Gasteiger partial charge in [0.25, 0.3) is 5.91 Å². The number of hydrogen-bond donors (Lipinski definition) is 2. The highest BCUT2D eigenvalue weighted by Gasteiger charge is 2.25. The summed E-state index contributed by atoms with van der Waals surface area (Å²) < 4.78 is 12.2. The fourth-order valence-corrected chi connectivity index (χ4v) is 2.68. The third-order valence-corrected chi connectivity index (χ3v) is 4.02. The highest BCUT2D eigenvalue weighted by atomic mass is 16.5. The summed E-state index contributed by atoms with van der Waals surface area (Å²) in [4.78, 5) is 25.6. The van der Waals surface area contributed by atoms with E-state index in [1.165, 1.54) is 4.90 Å². The van der Waals surface area contributed by atoms with Crippen LogP contribution in [0.25, 0.3) is 0 Å². The number of hydrogen-bond acceptors (Lipinski definition) is 5. The highest BCUT2D eigenvalue weighted by molar-refractivity contribution is 6.06. The Hall–Kier alpha value is -3.07. The lowest BCUT2D eigenvalue weighted by Gasteiger charge is -2.28. The molecule has 1 unspecified atom stereocenters. The molecular formula is C17H21N5O4. The first-order chi connectivity index (χ1) is 12.5. The van der Waals surface area contributed by atoms with E-state index in [2.05, 4.69) is 15.7 Å². The largest absolute Gasteiger partial charge is 0.481 e. The summed E-state index contributed by atoms with van der Waals surface area (Å²) >= 11 is 0. The van der Waals surface area contributed by atoms with E-state index in [0.717, 1.165) is 0 Å². The van der Waals surface area contributed by atoms with E-state index in [9.17, 15) is 9.59 Å². The Morgan fingerprint density at radius 3 is 2.96 bits per heavy atom. The number of benzene rings is 1. The maximum atomic E-state index is 12.3. The number of anilines is 3. The average molecular weight is 359 g/mol. The van der Waals surface area contributed by atoms with Gasteiger partial charge in [-0.25, -0.2) is 4.79 Å². The quantitative estimate of drug-likeness (QED) is 0.852. The van der Waals surface area contributed by atoms with Gasteiger partial charge in [-0.15, -0.1) is 0 Å². The van der Waals surface area contributed by atoms with E-state index >= 15 is 0 Å². The van der Waals surface area contributed by atoms with Crippen LogP contribution in [0.1, 0.15) is 13.0 Å². The molecule has 0 saturated carbocycles. The topological polar surface area (TPSA) is 97.7 Å². The molecule has 9 heteroatoms. The van der Waals surface area contributed by atoms with Crippen molar-refractivity contribution >= 4 is 29.1 Å². The number of nitrogens with zero attached hydrogens (tertiary/aromatic N) is 3. The molecular weight excluding hydrogens is 338 g/mol. The van der Waals surface area contributed by atoms with Gasteiger partial charge in [0.1, 0.15) is 11.4 Å². The second kappa shape index (κ2) is 7.44. The van der Waals surface area contributed by atoms with Crippen LogP contribution in [0.3, 0.4) is 0 Å². The van der Waals surface area contributed by atoms with Gasteiger partial charge in [0, 0.05) is 26.4 Å². The Morgan fingerprint density at radius 2 is 2.19 bits per heavy atom. The number of amides is 3. The highest BCUT2D eigenvalue weighted by Crippen LogP contribution is 2.37. The minimum atomic E-state index is -0.463. The molecule has 2 N–H and O–H groups in total. The van der Waals surface area contributed by atoms with Crippen molar-refractivity contribution in [1.82, 2.24) is 9.78 Å². The maximum Gasteiger partial charge on any atom is 0.324 e. The summed E-state index contributed by atoms with van der Waals surface area (Å²) in [7, 11) is 3.27. The van der Waals surface area contributed by atoms with Crippen molar-refractivity contribution < 1.29 is 19.1 Å². The van der Waals surface area contributed by atoms with Gasteiger partial charge >= 0.3 is 6.03 Å². The number of methoxy groups -OCH3 is 1. The molecule has 1 aliphatic heterocycles. The summed E-state index contributed by atoms with van der Waals surface area (Å²) in [6.07, 6.45) is 1.77. The van der Waals surface area contributed by atoms with Crippen molar-refractivity contribution in [1.29, 1.82) is 0 Å². The molecule has 0 bridgehead atoms. The molecule has 138 valence electrons. The second-order valence-electron chi connectivity index (χ2n) is 5.96. The Labute approximate surface area is 150 Å². The van der Waals surface area contributed by atoms with Crippen molar-refractivity contribution in [3.8, 4) is 5.75 Å². The van der Waals surface area contributed by atoms with Gasteiger partial charge in [0.05, 0.1) is 18.3 Å². The molecule has 0 radical (unpaired) electrons. The van der Waals surface area contributed by atoms with Crippen LogP contribution in [0.2, 0.25) is 0 Å². The molecule has 1 aliphatic rings. The number of ether oxygens (including phenoxy) is 2. The standard InChI is InChI=1S/C17H21N5O4/c1-11(9-25-3)22-8-7-14(20-22)19-17(24)18-12-5-4-6-13-16(12)21(2)15(23)10-26-13/h4-8,11H,9-10H2,1-3H3,(H2,18,19,20,24). The number of para-hydroxylation sites is 1. The number of likely N-dealkylation sites (N-methyl/N-ethyl adjacent to an activating group) is 1. The number of urea groups is 1. The van der Waals surface area contributed by atoms with Gasteiger partial charge in [0.15, 0.2) is 12.4 Å². The zero-order valence-electron chi connectivity index (χ0n) is 14.9.